The minimum atomic E-state index is 0. The molecule has 0 aliphatic rings. The van der Waals surface area contributed by atoms with Crippen LogP contribution in [0.5, 0.6) is 0 Å². The van der Waals surface area contributed by atoms with E-state index >= 15 is 0 Å². The van der Waals surface area contributed by atoms with Gasteiger partial charge in [-0.1, -0.05) is 62.3 Å². The summed E-state index contributed by atoms with van der Waals surface area (Å²) in [5.74, 6) is 0.833. The molecule has 0 nitrogen and oxygen atoms in total. The standard InChI is InChI=1S/C4H10.3C2H6.CH3.3Y/c1-4(2)3;3*1-2;;;;/h4H,1-3H3;3*1-2H3;1H3;;;/q;;;;-1;;;. The second-order valence-corrected chi connectivity index (χ2v) is 1.73. The molecular weight excluding hydrogens is 399 g/mol. The maximum atomic E-state index is 2.17. The van der Waals surface area contributed by atoms with Crippen molar-refractivity contribution >= 4 is 0 Å². The van der Waals surface area contributed by atoms with E-state index in [9.17, 15) is 0 Å². The van der Waals surface area contributed by atoms with Crippen LogP contribution < -0.4 is 0 Å². The first kappa shape index (κ1) is 53.1. The van der Waals surface area contributed by atoms with Crippen LogP contribution >= 0.6 is 0 Å². The zero-order valence-corrected chi connectivity index (χ0v) is 20.8. The molecule has 0 aliphatic heterocycles. The molecule has 0 spiro atoms. The third-order valence-corrected chi connectivity index (χ3v) is 0. The quantitative estimate of drug-likeness (QED) is 0.465. The van der Waals surface area contributed by atoms with Gasteiger partial charge in [-0.15, -0.1) is 0 Å². The van der Waals surface area contributed by atoms with Gasteiger partial charge in [0.1, 0.15) is 0 Å². The molecule has 0 saturated carbocycles. The Hall–Kier alpha value is 3.31. The van der Waals surface area contributed by atoms with Crippen molar-refractivity contribution in [1.29, 1.82) is 0 Å². The summed E-state index contributed by atoms with van der Waals surface area (Å²) in [6.07, 6.45) is 0. The molecule has 0 amide bonds. The van der Waals surface area contributed by atoms with Gasteiger partial charge in [-0.05, 0) is 5.92 Å². The minimum absolute atomic E-state index is 0. The Balaban J connectivity index is -0.00000000550. The third-order valence-electron chi connectivity index (χ3n) is 0. The fourth-order valence-corrected chi connectivity index (χ4v) is 0. The Morgan fingerprint density at radius 3 is 0.500 bits per heavy atom. The molecule has 0 atom stereocenters. The molecule has 3 radical (unpaired) electrons. The van der Waals surface area contributed by atoms with Crippen LogP contribution in [0.15, 0.2) is 0 Å². The van der Waals surface area contributed by atoms with Crippen molar-refractivity contribution < 1.29 is 98.1 Å². The summed E-state index contributed by atoms with van der Waals surface area (Å²) >= 11 is 0. The Kier molecular flexibility index (Phi) is 364. The summed E-state index contributed by atoms with van der Waals surface area (Å²) in [6.45, 7) is 18.5. The van der Waals surface area contributed by atoms with Gasteiger partial charge in [0.25, 0.3) is 0 Å². The molecule has 0 unspecified atom stereocenters. The first-order valence-corrected chi connectivity index (χ1v) is 4.73. The maximum absolute atomic E-state index is 2.17. The van der Waals surface area contributed by atoms with Crippen molar-refractivity contribution in [2.45, 2.75) is 62.3 Å². The predicted octanol–water partition coefficient (Wildman–Crippen LogP) is 5.18. The van der Waals surface area contributed by atoms with Crippen molar-refractivity contribution in [1.82, 2.24) is 0 Å². The molecule has 0 aromatic rings. The van der Waals surface area contributed by atoms with E-state index in [0.29, 0.717) is 0 Å². The average Bonchev–Trinajstić information content (AvgIpc) is 1.98. The molecule has 0 aromatic carbocycles. The summed E-state index contributed by atoms with van der Waals surface area (Å²) in [5.41, 5.74) is 0. The SMILES string of the molecule is CC.CC.CC.CC(C)C.[CH3-].[Y].[Y].[Y]. The molecule has 0 rings (SSSR count). The minimum Gasteiger partial charge on any atom is -0.358 e. The van der Waals surface area contributed by atoms with Crippen LogP contribution in [0.2, 0.25) is 0 Å². The van der Waals surface area contributed by atoms with Gasteiger partial charge in [-0.25, -0.2) is 0 Å². The van der Waals surface area contributed by atoms with Crippen LogP contribution in [0, 0.1) is 13.3 Å². The molecule has 3 heteroatoms. The van der Waals surface area contributed by atoms with Gasteiger partial charge in [0.15, 0.2) is 0 Å². The second kappa shape index (κ2) is 96.0. The van der Waals surface area contributed by atoms with Crippen molar-refractivity contribution in [2.75, 3.05) is 0 Å². The van der Waals surface area contributed by atoms with Crippen LogP contribution in [0.25, 0.3) is 0 Å². The van der Waals surface area contributed by atoms with Gasteiger partial charge < -0.3 is 7.43 Å². The molecule has 0 aromatic heterocycles. The molecule has 0 saturated heterocycles. The van der Waals surface area contributed by atoms with Crippen LogP contribution in [0.3, 0.4) is 0 Å². The summed E-state index contributed by atoms with van der Waals surface area (Å²) in [6, 6.07) is 0. The van der Waals surface area contributed by atoms with Crippen LogP contribution in [-0.2, 0) is 98.1 Å². The second-order valence-electron chi connectivity index (χ2n) is 1.73. The van der Waals surface area contributed by atoms with Gasteiger partial charge in [0.05, 0.1) is 0 Å². The van der Waals surface area contributed by atoms with Crippen LogP contribution in [-0.4, -0.2) is 0 Å². The smallest absolute Gasteiger partial charge is 0 e. The van der Waals surface area contributed by atoms with Crippen molar-refractivity contribution in [2.24, 2.45) is 5.92 Å². The summed E-state index contributed by atoms with van der Waals surface area (Å²) < 4.78 is 0. The topological polar surface area (TPSA) is 0 Å². The van der Waals surface area contributed by atoms with E-state index in [1.165, 1.54) is 0 Å². The van der Waals surface area contributed by atoms with E-state index in [4.69, 9.17) is 0 Å². The van der Waals surface area contributed by atoms with E-state index in [1.54, 1.807) is 0 Å². The zero-order valence-electron chi connectivity index (χ0n) is 12.3. The Labute approximate surface area is 171 Å². The molecule has 0 fully saturated rings. The van der Waals surface area contributed by atoms with E-state index in [0.717, 1.165) is 5.92 Å². The molecular formula is C11H31Y3-. The van der Waals surface area contributed by atoms with E-state index in [-0.39, 0.29) is 106 Å². The van der Waals surface area contributed by atoms with E-state index < -0.39 is 0 Å². The van der Waals surface area contributed by atoms with Crippen molar-refractivity contribution in [3.63, 3.8) is 0 Å². The number of hydrogen-bond donors (Lipinski definition) is 0. The molecule has 0 N–H and O–H groups in total. The molecule has 85 valence electrons. The number of rotatable bonds is 0. The Bertz CT molecular complexity index is 15.2. The van der Waals surface area contributed by atoms with Gasteiger partial charge in [-0.2, -0.15) is 0 Å². The van der Waals surface area contributed by atoms with E-state index in [1.807, 2.05) is 41.5 Å². The fourth-order valence-electron chi connectivity index (χ4n) is 0. The Morgan fingerprint density at radius 1 is 0.500 bits per heavy atom. The average molecular weight is 430 g/mol. The molecule has 14 heavy (non-hydrogen) atoms. The molecule has 0 heterocycles. The molecule has 0 aliphatic carbocycles. The number of hydrogen-bond acceptors (Lipinski definition) is 0. The monoisotopic (exact) mass is 430 g/mol. The molecule has 0 bridgehead atoms. The van der Waals surface area contributed by atoms with E-state index in [2.05, 4.69) is 20.8 Å². The van der Waals surface area contributed by atoms with Gasteiger partial charge >= 0.3 is 0 Å². The predicted molar refractivity (Wildman–Crippen MR) is 61.0 cm³/mol. The first-order valence-electron chi connectivity index (χ1n) is 4.73. The summed E-state index contributed by atoms with van der Waals surface area (Å²) in [4.78, 5) is 0. The van der Waals surface area contributed by atoms with Crippen molar-refractivity contribution in [3.8, 4) is 0 Å². The summed E-state index contributed by atoms with van der Waals surface area (Å²) in [5, 5.41) is 0. The maximum Gasteiger partial charge on any atom is 0 e. The Morgan fingerprint density at radius 2 is 0.500 bits per heavy atom. The normalized spacial score (nSPS) is 3.86. The third kappa shape index (κ3) is 286. The van der Waals surface area contributed by atoms with Gasteiger partial charge in [0.2, 0.25) is 0 Å². The van der Waals surface area contributed by atoms with Crippen LogP contribution in [0.4, 0.5) is 0 Å². The fraction of sp³-hybridized carbons (Fsp3) is 0.909. The van der Waals surface area contributed by atoms with Crippen molar-refractivity contribution in [3.05, 3.63) is 7.43 Å². The van der Waals surface area contributed by atoms with Crippen LogP contribution in [0.1, 0.15) is 62.3 Å². The zero-order chi connectivity index (χ0) is 9.58. The summed E-state index contributed by atoms with van der Waals surface area (Å²) in [7, 11) is 0. The first-order chi connectivity index (χ1) is 4.73. The van der Waals surface area contributed by atoms with Gasteiger partial charge in [-0.3, -0.25) is 0 Å². The van der Waals surface area contributed by atoms with Gasteiger partial charge in [0, 0.05) is 98.1 Å². The largest absolute Gasteiger partial charge is 0.358 e.